The normalized spacial score (nSPS) is 11.2. The first-order chi connectivity index (χ1) is 9.65. The van der Waals surface area contributed by atoms with Crippen LogP contribution in [0, 0.1) is 0 Å². The number of benzene rings is 1. The summed E-state index contributed by atoms with van der Waals surface area (Å²) < 4.78 is 6.55. The van der Waals surface area contributed by atoms with Crippen LogP contribution in [0.3, 0.4) is 0 Å². The van der Waals surface area contributed by atoms with Gasteiger partial charge in [0.15, 0.2) is 0 Å². The number of fused-ring (bicyclic) bond motifs is 1. The van der Waals surface area contributed by atoms with Crippen LogP contribution in [0.1, 0.15) is 24.5 Å². The molecule has 3 rings (SSSR count). The second-order valence-corrected chi connectivity index (χ2v) is 5.40. The van der Waals surface area contributed by atoms with E-state index in [0.29, 0.717) is 4.96 Å². The Hall–Kier alpha value is -2.28. The fourth-order valence-electron chi connectivity index (χ4n) is 1.71. The number of carbonyl (C=O) groups is 1. The molecule has 0 aliphatic rings. The number of rotatable bonds is 3. The van der Waals surface area contributed by atoms with E-state index in [1.807, 2.05) is 30.3 Å². The van der Waals surface area contributed by atoms with Crippen LogP contribution in [-0.2, 0) is 4.74 Å². The fraction of sp³-hybridized carbons (Fsp3) is 0.231. The molecule has 102 valence electrons. The Morgan fingerprint density at radius 3 is 2.70 bits per heavy atom. The van der Waals surface area contributed by atoms with E-state index in [0.717, 1.165) is 10.6 Å². The Kier molecular flexibility index (Phi) is 3.19. The number of ether oxygens (including phenoxy) is 1. The molecule has 0 unspecified atom stereocenters. The van der Waals surface area contributed by atoms with Crippen LogP contribution < -0.4 is 0 Å². The Morgan fingerprint density at radius 1 is 1.25 bits per heavy atom. The largest absolute Gasteiger partial charge is 0.457 e. The summed E-state index contributed by atoms with van der Waals surface area (Å²) in [6.45, 7) is 3.57. The maximum absolute atomic E-state index is 11.9. The first-order valence-electron chi connectivity index (χ1n) is 6.14. The number of carbonyl (C=O) groups excluding carboxylic acids is 1. The highest BCUT2D eigenvalue weighted by atomic mass is 32.1. The number of hydrogen-bond donors (Lipinski definition) is 0. The minimum absolute atomic E-state index is 0.104. The minimum atomic E-state index is -0.516. The van der Waals surface area contributed by atoms with Crippen molar-refractivity contribution in [3.8, 4) is 10.6 Å². The lowest BCUT2D eigenvalue weighted by Gasteiger charge is -2.04. The molecule has 0 spiro atoms. The van der Waals surface area contributed by atoms with Gasteiger partial charge in [0.05, 0.1) is 6.10 Å². The highest BCUT2D eigenvalue weighted by Gasteiger charge is 2.20. The van der Waals surface area contributed by atoms with Crippen molar-refractivity contribution in [2.75, 3.05) is 0 Å². The van der Waals surface area contributed by atoms with E-state index >= 15 is 0 Å². The van der Waals surface area contributed by atoms with E-state index in [9.17, 15) is 4.79 Å². The molecule has 0 saturated carbocycles. The van der Waals surface area contributed by atoms with E-state index in [-0.39, 0.29) is 11.9 Å². The molecule has 1 aromatic carbocycles. The van der Waals surface area contributed by atoms with Crippen molar-refractivity contribution in [3.63, 3.8) is 0 Å². The molecule has 0 bridgehead atoms. The maximum atomic E-state index is 11.9. The highest BCUT2D eigenvalue weighted by Crippen LogP contribution is 2.25. The molecular formula is C13H12N4O2S. The molecule has 3 aromatic rings. The van der Waals surface area contributed by atoms with Crippen LogP contribution in [0.25, 0.3) is 15.5 Å². The molecule has 0 aliphatic heterocycles. The second-order valence-electron chi connectivity index (χ2n) is 4.45. The van der Waals surface area contributed by atoms with Gasteiger partial charge < -0.3 is 4.74 Å². The Labute approximate surface area is 119 Å². The summed E-state index contributed by atoms with van der Waals surface area (Å²) in [7, 11) is 0. The molecule has 0 fully saturated rings. The van der Waals surface area contributed by atoms with Crippen molar-refractivity contribution >= 4 is 22.3 Å². The molecular weight excluding hydrogens is 276 g/mol. The van der Waals surface area contributed by atoms with Gasteiger partial charge in [-0.1, -0.05) is 41.7 Å². The van der Waals surface area contributed by atoms with Crippen LogP contribution in [0.2, 0.25) is 0 Å². The van der Waals surface area contributed by atoms with E-state index in [2.05, 4.69) is 15.3 Å². The van der Waals surface area contributed by atoms with Crippen molar-refractivity contribution < 1.29 is 9.53 Å². The van der Waals surface area contributed by atoms with E-state index in [1.54, 1.807) is 13.8 Å². The third kappa shape index (κ3) is 2.27. The van der Waals surface area contributed by atoms with Gasteiger partial charge in [-0.2, -0.15) is 9.61 Å². The smallest absolute Gasteiger partial charge is 0.378 e. The molecule has 20 heavy (non-hydrogen) atoms. The molecule has 2 aromatic heterocycles. The van der Waals surface area contributed by atoms with E-state index < -0.39 is 5.97 Å². The number of nitrogens with zero attached hydrogens (tertiary/aromatic N) is 4. The van der Waals surface area contributed by atoms with Crippen LogP contribution >= 0.6 is 11.3 Å². The van der Waals surface area contributed by atoms with Gasteiger partial charge in [-0.05, 0) is 13.8 Å². The SMILES string of the molecule is CC(C)OC(=O)c1nnc2sc(-c3ccccc3)nn12. The van der Waals surface area contributed by atoms with Crippen LogP contribution in [0.5, 0.6) is 0 Å². The van der Waals surface area contributed by atoms with Gasteiger partial charge in [0, 0.05) is 5.56 Å². The molecule has 0 amide bonds. The summed E-state index contributed by atoms with van der Waals surface area (Å²) in [5.41, 5.74) is 0.978. The average Bonchev–Trinajstić information content (AvgIpc) is 2.98. The molecule has 2 heterocycles. The second kappa shape index (κ2) is 5.01. The summed E-state index contributed by atoms with van der Waals surface area (Å²) in [4.78, 5) is 12.5. The predicted molar refractivity (Wildman–Crippen MR) is 74.6 cm³/mol. The summed E-state index contributed by atoms with van der Waals surface area (Å²) in [6, 6.07) is 9.72. The quantitative estimate of drug-likeness (QED) is 0.692. The number of esters is 1. The van der Waals surface area contributed by atoms with Crippen molar-refractivity contribution in [3.05, 3.63) is 36.2 Å². The summed E-state index contributed by atoms with van der Waals surface area (Å²) >= 11 is 1.38. The predicted octanol–water partition coefficient (Wildman–Crippen LogP) is 2.42. The third-order valence-electron chi connectivity index (χ3n) is 2.54. The van der Waals surface area contributed by atoms with E-state index in [1.165, 1.54) is 15.9 Å². The molecule has 0 radical (unpaired) electrons. The molecule has 7 heteroatoms. The lowest BCUT2D eigenvalue weighted by atomic mass is 10.2. The maximum Gasteiger partial charge on any atom is 0.378 e. The van der Waals surface area contributed by atoms with Crippen molar-refractivity contribution in [1.29, 1.82) is 0 Å². The zero-order valence-electron chi connectivity index (χ0n) is 11.0. The molecule has 6 nitrogen and oxygen atoms in total. The van der Waals surface area contributed by atoms with E-state index in [4.69, 9.17) is 4.74 Å². The molecule has 0 atom stereocenters. The standard InChI is InChI=1S/C13H12N4O2S/c1-8(2)19-12(18)10-14-15-13-17(10)16-11(20-13)9-6-4-3-5-7-9/h3-8H,1-2H3. The molecule has 0 aliphatic carbocycles. The summed E-state index contributed by atoms with van der Waals surface area (Å²) in [6.07, 6.45) is -0.206. The van der Waals surface area contributed by atoms with Gasteiger partial charge in [0.25, 0.3) is 5.82 Å². The molecule has 0 N–H and O–H groups in total. The van der Waals surface area contributed by atoms with Crippen molar-refractivity contribution in [2.24, 2.45) is 0 Å². The first kappa shape index (κ1) is 12.7. The number of hydrogen-bond acceptors (Lipinski definition) is 6. The average molecular weight is 288 g/mol. The summed E-state index contributed by atoms with van der Waals surface area (Å²) in [5, 5.41) is 13.0. The fourth-order valence-corrected chi connectivity index (χ4v) is 2.55. The zero-order valence-corrected chi connectivity index (χ0v) is 11.8. The van der Waals surface area contributed by atoms with Crippen molar-refractivity contribution in [2.45, 2.75) is 20.0 Å². The lowest BCUT2D eigenvalue weighted by molar-refractivity contribution is 0.0360. The van der Waals surface area contributed by atoms with Gasteiger partial charge in [-0.15, -0.1) is 10.2 Å². The van der Waals surface area contributed by atoms with Gasteiger partial charge >= 0.3 is 5.97 Å². The Bertz CT molecular complexity index is 748. The minimum Gasteiger partial charge on any atom is -0.457 e. The van der Waals surface area contributed by atoms with Crippen LogP contribution in [0.15, 0.2) is 30.3 Å². The Morgan fingerprint density at radius 2 is 2.00 bits per heavy atom. The first-order valence-corrected chi connectivity index (χ1v) is 6.95. The molecule has 0 saturated heterocycles. The highest BCUT2D eigenvalue weighted by molar-refractivity contribution is 7.19. The number of aromatic nitrogens is 4. The van der Waals surface area contributed by atoms with Crippen LogP contribution in [0.4, 0.5) is 0 Å². The van der Waals surface area contributed by atoms with Gasteiger partial charge in [0.2, 0.25) is 4.96 Å². The lowest BCUT2D eigenvalue weighted by Crippen LogP contribution is -2.15. The van der Waals surface area contributed by atoms with Crippen LogP contribution in [-0.4, -0.2) is 31.9 Å². The monoisotopic (exact) mass is 288 g/mol. The van der Waals surface area contributed by atoms with Gasteiger partial charge in [-0.3, -0.25) is 0 Å². The summed E-state index contributed by atoms with van der Waals surface area (Å²) in [5.74, 6) is -0.412. The zero-order chi connectivity index (χ0) is 14.1. The third-order valence-corrected chi connectivity index (χ3v) is 3.48. The van der Waals surface area contributed by atoms with Gasteiger partial charge in [-0.25, -0.2) is 4.79 Å². The topological polar surface area (TPSA) is 69.4 Å². The van der Waals surface area contributed by atoms with Crippen molar-refractivity contribution in [1.82, 2.24) is 19.8 Å². The van der Waals surface area contributed by atoms with Gasteiger partial charge in [0.1, 0.15) is 5.01 Å². The Balaban J connectivity index is 2.01.